The zero-order chi connectivity index (χ0) is 15.8. The molecule has 1 heterocycles. The van der Waals surface area contributed by atoms with Crippen LogP contribution < -0.4 is 10.6 Å². The number of nitrogens with zero attached hydrogens (tertiary/aromatic N) is 1. The van der Waals surface area contributed by atoms with E-state index in [4.69, 9.17) is 5.11 Å². The molecule has 2 amide bonds. The van der Waals surface area contributed by atoms with E-state index in [1.54, 1.807) is 13.1 Å². The quantitative estimate of drug-likeness (QED) is 0.716. The number of carbonyl (C=O) groups is 2. The lowest BCUT2D eigenvalue weighted by atomic mass is 9.99. The van der Waals surface area contributed by atoms with E-state index in [1.807, 2.05) is 26.0 Å². The highest BCUT2D eigenvalue weighted by Gasteiger charge is 2.25. The zero-order valence-corrected chi connectivity index (χ0v) is 12.7. The van der Waals surface area contributed by atoms with E-state index in [0.717, 1.165) is 17.7 Å². The molecule has 3 N–H and O–H groups in total. The number of carboxylic acid groups (broad SMARTS) is 1. The smallest absolute Gasteiger partial charge is 0.326 e. The van der Waals surface area contributed by atoms with Gasteiger partial charge in [0.15, 0.2) is 0 Å². The number of amides is 2. The lowest BCUT2D eigenvalue weighted by Gasteiger charge is -2.20. The topological polar surface area (TPSA) is 91.3 Å². The summed E-state index contributed by atoms with van der Waals surface area (Å²) in [6.07, 6.45) is 3.18. The van der Waals surface area contributed by atoms with Gasteiger partial charge in [-0.05, 0) is 24.0 Å². The zero-order valence-electron chi connectivity index (χ0n) is 12.7. The second-order valence-corrected chi connectivity index (χ2v) is 4.99. The normalized spacial score (nSPS) is 13.3. The minimum absolute atomic E-state index is 0.130. The number of carboxylic acids is 1. The number of nitrogens with one attached hydrogen (secondary N) is 2. The Morgan fingerprint density at radius 1 is 1.38 bits per heavy atom. The van der Waals surface area contributed by atoms with Gasteiger partial charge in [0.1, 0.15) is 6.04 Å². The van der Waals surface area contributed by atoms with Crippen molar-refractivity contribution in [1.82, 2.24) is 15.6 Å². The van der Waals surface area contributed by atoms with Gasteiger partial charge in [0.2, 0.25) is 0 Å². The van der Waals surface area contributed by atoms with Gasteiger partial charge in [-0.25, -0.2) is 9.59 Å². The van der Waals surface area contributed by atoms with Crippen molar-refractivity contribution in [3.8, 4) is 0 Å². The van der Waals surface area contributed by atoms with Gasteiger partial charge >= 0.3 is 12.0 Å². The molecule has 0 saturated heterocycles. The molecular weight excluding hydrogens is 270 g/mol. The monoisotopic (exact) mass is 293 g/mol. The number of hydrogen-bond donors (Lipinski definition) is 3. The molecule has 1 rings (SSSR count). The van der Waals surface area contributed by atoms with Crippen LogP contribution in [0.3, 0.4) is 0 Å². The Hall–Kier alpha value is -2.11. The number of pyridine rings is 1. The summed E-state index contributed by atoms with van der Waals surface area (Å²) >= 11 is 0. The molecule has 21 heavy (non-hydrogen) atoms. The first kappa shape index (κ1) is 16.9. The summed E-state index contributed by atoms with van der Waals surface area (Å²) in [6, 6.07) is 2.44. The van der Waals surface area contributed by atoms with Gasteiger partial charge < -0.3 is 15.7 Å². The van der Waals surface area contributed by atoms with Gasteiger partial charge in [-0.2, -0.15) is 0 Å². The summed E-state index contributed by atoms with van der Waals surface area (Å²) in [7, 11) is 0. The SMILES string of the molecule is CCc1cccnc1CNC(=O)N[C@H](C(=O)O)[C@@H](C)CC. The molecule has 0 bridgehead atoms. The number of aryl methyl sites for hydroxylation is 1. The summed E-state index contributed by atoms with van der Waals surface area (Å²) in [4.78, 5) is 27.2. The molecule has 2 atom stereocenters. The number of aromatic nitrogens is 1. The summed E-state index contributed by atoms with van der Waals surface area (Å²) in [6.45, 7) is 5.99. The van der Waals surface area contributed by atoms with Crippen molar-refractivity contribution in [1.29, 1.82) is 0 Å². The average molecular weight is 293 g/mol. The molecule has 0 aromatic carbocycles. The van der Waals surface area contributed by atoms with Crippen molar-refractivity contribution < 1.29 is 14.7 Å². The van der Waals surface area contributed by atoms with Gasteiger partial charge in [-0.1, -0.05) is 33.3 Å². The Kier molecular flexibility index (Phi) is 6.65. The molecule has 6 heteroatoms. The highest BCUT2D eigenvalue weighted by molar-refractivity contribution is 5.82. The molecule has 0 aliphatic carbocycles. The summed E-state index contributed by atoms with van der Waals surface area (Å²) in [5.41, 5.74) is 1.86. The highest BCUT2D eigenvalue weighted by atomic mass is 16.4. The second-order valence-electron chi connectivity index (χ2n) is 4.99. The Balaban J connectivity index is 2.59. The molecule has 0 aliphatic heterocycles. The van der Waals surface area contributed by atoms with E-state index in [-0.39, 0.29) is 12.5 Å². The predicted molar refractivity (Wildman–Crippen MR) is 79.9 cm³/mol. The van der Waals surface area contributed by atoms with Crippen molar-refractivity contribution in [3.05, 3.63) is 29.6 Å². The summed E-state index contributed by atoms with van der Waals surface area (Å²) in [5.74, 6) is -1.15. The van der Waals surface area contributed by atoms with Gasteiger partial charge in [-0.3, -0.25) is 4.98 Å². The van der Waals surface area contributed by atoms with Crippen LogP contribution in [0.2, 0.25) is 0 Å². The number of urea groups is 1. The largest absolute Gasteiger partial charge is 0.480 e. The molecule has 0 aliphatic rings. The second kappa shape index (κ2) is 8.24. The van der Waals surface area contributed by atoms with E-state index < -0.39 is 18.0 Å². The fourth-order valence-corrected chi connectivity index (χ4v) is 1.99. The summed E-state index contributed by atoms with van der Waals surface area (Å²) < 4.78 is 0. The average Bonchev–Trinajstić information content (AvgIpc) is 2.49. The van der Waals surface area contributed by atoms with Crippen LogP contribution in [0.4, 0.5) is 4.79 Å². The first-order valence-corrected chi connectivity index (χ1v) is 7.19. The van der Waals surface area contributed by atoms with Crippen LogP contribution >= 0.6 is 0 Å². The van der Waals surface area contributed by atoms with Gasteiger partial charge in [0.25, 0.3) is 0 Å². The molecule has 116 valence electrons. The third-order valence-corrected chi connectivity index (χ3v) is 3.55. The van der Waals surface area contributed by atoms with E-state index in [1.165, 1.54) is 0 Å². The number of carbonyl (C=O) groups excluding carboxylic acids is 1. The predicted octanol–water partition coefficient (Wildman–Crippen LogP) is 1.94. The molecule has 1 aromatic heterocycles. The molecular formula is C15H23N3O3. The summed E-state index contributed by atoms with van der Waals surface area (Å²) in [5, 5.41) is 14.3. The Morgan fingerprint density at radius 2 is 2.10 bits per heavy atom. The van der Waals surface area contributed by atoms with Crippen LogP contribution in [-0.2, 0) is 17.8 Å². The standard InChI is InChI=1S/C15H23N3O3/c1-4-10(3)13(14(19)20)18-15(21)17-9-12-11(5-2)7-6-8-16-12/h6-8,10,13H,4-5,9H2,1-3H3,(H,19,20)(H2,17,18,21)/t10-,13-/m0/s1. The van der Waals surface area contributed by atoms with E-state index >= 15 is 0 Å². The van der Waals surface area contributed by atoms with Crippen LogP contribution in [0, 0.1) is 5.92 Å². The maximum absolute atomic E-state index is 11.8. The van der Waals surface area contributed by atoms with Crippen LogP contribution in [0.15, 0.2) is 18.3 Å². The molecule has 6 nitrogen and oxygen atoms in total. The van der Waals surface area contributed by atoms with Crippen LogP contribution in [0.25, 0.3) is 0 Å². The molecule has 0 fully saturated rings. The third kappa shape index (κ3) is 5.06. The fourth-order valence-electron chi connectivity index (χ4n) is 1.99. The van der Waals surface area contributed by atoms with Crippen molar-refractivity contribution in [3.63, 3.8) is 0 Å². The minimum Gasteiger partial charge on any atom is -0.480 e. The number of rotatable bonds is 7. The number of aliphatic carboxylic acids is 1. The maximum atomic E-state index is 11.8. The first-order chi connectivity index (χ1) is 9.99. The third-order valence-electron chi connectivity index (χ3n) is 3.55. The highest BCUT2D eigenvalue weighted by Crippen LogP contribution is 2.08. The van der Waals surface area contributed by atoms with Gasteiger partial charge in [0.05, 0.1) is 12.2 Å². The lowest BCUT2D eigenvalue weighted by molar-refractivity contribution is -0.140. The lowest BCUT2D eigenvalue weighted by Crippen LogP contribution is -2.49. The Bertz CT molecular complexity index is 491. The molecule has 1 aromatic rings. The molecule has 0 saturated carbocycles. The van der Waals surface area contributed by atoms with Crippen molar-refractivity contribution in [2.24, 2.45) is 5.92 Å². The fraction of sp³-hybridized carbons (Fsp3) is 0.533. The molecule has 0 spiro atoms. The Morgan fingerprint density at radius 3 is 2.67 bits per heavy atom. The van der Waals surface area contributed by atoms with Crippen molar-refractivity contribution in [2.75, 3.05) is 0 Å². The van der Waals surface area contributed by atoms with Crippen molar-refractivity contribution in [2.45, 2.75) is 46.2 Å². The van der Waals surface area contributed by atoms with Crippen molar-refractivity contribution >= 4 is 12.0 Å². The van der Waals surface area contributed by atoms with E-state index in [2.05, 4.69) is 15.6 Å². The van der Waals surface area contributed by atoms with Crippen LogP contribution in [0.1, 0.15) is 38.4 Å². The van der Waals surface area contributed by atoms with Gasteiger partial charge in [0, 0.05) is 6.20 Å². The maximum Gasteiger partial charge on any atom is 0.326 e. The molecule has 0 radical (unpaired) electrons. The van der Waals surface area contributed by atoms with Crippen LogP contribution in [-0.4, -0.2) is 28.1 Å². The molecule has 0 unspecified atom stereocenters. The number of hydrogen-bond acceptors (Lipinski definition) is 3. The van der Waals surface area contributed by atoms with Gasteiger partial charge in [-0.15, -0.1) is 0 Å². The first-order valence-electron chi connectivity index (χ1n) is 7.19. The van der Waals surface area contributed by atoms with E-state index in [9.17, 15) is 9.59 Å². The van der Waals surface area contributed by atoms with Crippen LogP contribution in [0.5, 0.6) is 0 Å². The minimum atomic E-state index is -1.02. The Labute approximate surface area is 125 Å². The van der Waals surface area contributed by atoms with E-state index in [0.29, 0.717) is 6.42 Å².